The summed E-state index contributed by atoms with van der Waals surface area (Å²) in [6.07, 6.45) is 0.270. The number of hydrogen-bond donors (Lipinski definition) is 1. The van der Waals surface area contributed by atoms with Gasteiger partial charge in [0.2, 0.25) is 0 Å². The van der Waals surface area contributed by atoms with Crippen LogP contribution in [0.2, 0.25) is 0 Å². The molecule has 0 aromatic carbocycles. The largest absolute Gasteiger partial charge is 0.465 e. The molecule has 0 aliphatic carbocycles. The van der Waals surface area contributed by atoms with Gasteiger partial charge in [0, 0.05) is 19.3 Å². The summed E-state index contributed by atoms with van der Waals surface area (Å²) in [6.45, 7) is 0.699. The first-order valence-electron chi connectivity index (χ1n) is 3.76. The van der Waals surface area contributed by atoms with Crippen molar-refractivity contribution >= 4 is 11.9 Å². The molecule has 0 atom stereocenters. The monoisotopic (exact) mass is 181 g/mol. The van der Waals surface area contributed by atoms with Gasteiger partial charge in [-0.15, -0.1) is 0 Å². The number of nitrogens with zero attached hydrogens (tertiary/aromatic N) is 3. The van der Waals surface area contributed by atoms with E-state index in [-0.39, 0.29) is 0 Å². The molecule has 1 aliphatic heterocycles. The van der Waals surface area contributed by atoms with Crippen molar-refractivity contribution in [3.05, 3.63) is 22.7 Å². The van der Waals surface area contributed by atoms with Crippen molar-refractivity contribution in [3.8, 4) is 0 Å². The fourth-order valence-electron chi connectivity index (χ4n) is 1.38. The standard InChI is InChI=1S/C7H7N3O3/c11-6-8-2-1-5-9(6)3-4-10(5)7(12)13/h1-2H,3-4H2,(H,12,13). The van der Waals surface area contributed by atoms with E-state index < -0.39 is 11.8 Å². The van der Waals surface area contributed by atoms with Crippen molar-refractivity contribution in [2.75, 3.05) is 11.4 Å². The molecule has 1 aromatic rings. The minimum atomic E-state index is -1.04. The van der Waals surface area contributed by atoms with Crippen molar-refractivity contribution < 1.29 is 9.90 Å². The quantitative estimate of drug-likeness (QED) is 0.598. The number of rotatable bonds is 0. The Labute approximate surface area is 73.0 Å². The Morgan fingerprint density at radius 2 is 2.31 bits per heavy atom. The second-order valence-electron chi connectivity index (χ2n) is 2.67. The van der Waals surface area contributed by atoms with E-state index in [1.54, 1.807) is 0 Å². The van der Waals surface area contributed by atoms with Gasteiger partial charge in [-0.1, -0.05) is 0 Å². The van der Waals surface area contributed by atoms with Crippen LogP contribution in [0, 0.1) is 0 Å². The number of fused-ring (bicyclic) bond motifs is 1. The van der Waals surface area contributed by atoms with E-state index >= 15 is 0 Å². The summed E-state index contributed by atoms with van der Waals surface area (Å²) in [7, 11) is 0. The predicted octanol–water partition coefficient (Wildman–Crippen LogP) is -0.259. The summed E-state index contributed by atoms with van der Waals surface area (Å²) < 4.78 is 1.34. The van der Waals surface area contributed by atoms with E-state index in [9.17, 15) is 9.59 Å². The number of aromatic nitrogens is 2. The lowest BCUT2D eigenvalue weighted by Gasteiger charge is -2.10. The highest BCUT2D eigenvalue weighted by Gasteiger charge is 2.24. The molecular formula is C7H7N3O3. The fourth-order valence-corrected chi connectivity index (χ4v) is 1.38. The molecule has 2 heterocycles. The average Bonchev–Trinajstić information content (AvgIpc) is 2.48. The SMILES string of the molecule is O=C(O)N1CCn2c1ccnc2=O. The highest BCUT2D eigenvalue weighted by atomic mass is 16.4. The topological polar surface area (TPSA) is 75.4 Å². The molecule has 6 heteroatoms. The number of hydrogen-bond acceptors (Lipinski definition) is 3. The Morgan fingerprint density at radius 3 is 3.00 bits per heavy atom. The third kappa shape index (κ3) is 1.07. The first kappa shape index (κ1) is 7.78. The summed E-state index contributed by atoms with van der Waals surface area (Å²) in [5.41, 5.74) is -0.402. The normalized spacial score (nSPS) is 14.3. The predicted molar refractivity (Wildman–Crippen MR) is 43.9 cm³/mol. The van der Waals surface area contributed by atoms with Gasteiger partial charge in [-0.3, -0.25) is 9.47 Å². The molecule has 2 rings (SSSR count). The van der Waals surface area contributed by atoms with Crippen LogP contribution < -0.4 is 10.6 Å². The Balaban J connectivity index is 2.55. The van der Waals surface area contributed by atoms with Gasteiger partial charge >= 0.3 is 11.8 Å². The molecular weight excluding hydrogens is 174 g/mol. The highest BCUT2D eigenvalue weighted by Crippen LogP contribution is 2.16. The summed E-state index contributed by atoms with van der Waals surface area (Å²) in [5, 5.41) is 8.74. The number of amides is 1. The van der Waals surface area contributed by atoms with Gasteiger partial charge in [0.15, 0.2) is 0 Å². The Kier molecular flexibility index (Phi) is 1.54. The van der Waals surface area contributed by atoms with Crippen LogP contribution in [0.25, 0.3) is 0 Å². The molecule has 1 aromatic heterocycles. The Bertz CT molecular complexity index is 412. The molecule has 0 saturated carbocycles. The zero-order chi connectivity index (χ0) is 9.42. The van der Waals surface area contributed by atoms with E-state index in [4.69, 9.17) is 5.11 Å². The molecule has 0 radical (unpaired) electrons. The van der Waals surface area contributed by atoms with Crippen LogP contribution >= 0.6 is 0 Å². The maximum Gasteiger partial charge on any atom is 0.413 e. The van der Waals surface area contributed by atoms with Crippen molar-refractivity contribution in [1.82, 2.24) is 9.55 Å². The van der Waals surface area contributed by atoms with Crippen molar-refractivity contribution in [3.63, 3.8) is 0 Å². The summed E-state index contributed by atoms with van der Waals surface area (Å²) in [5.74, 6) is 0.396. The van der Waals surface area contributed by atoms with Gasteiger partial charge in [0.05, 0.1) is 0 Å². The average molecular weight is 181 g/mol. The van der Waals surface area contributed by atoms with Crippen LogP contribution in [0.4, 0.5) is 10.6 Å². The van der Waals surface area contributed by atoms with Crippen LogP contribution in [0.3, 0.4) is 0 Å². The lowest BCUT2D eigenvalue weighted by atomic mass is 10.5. The fraction of sp³-hybridized carbons (Fsp3) is 0.286. The molecule has 1 aliphatic rings. The molecule has 68 valence electrons. The minimum Gasteiger partial charge on any atom is -0.465 e. The minimum absolute atomic E-state index is 0.316. The second-order valence-corrected chi connectivity index (χ2v) is 2.67. The van der Waals surface area contributed by atoms with Gasteiger partial charge < -0.3 is 5.11 Å². The van der Waals surface area contributed by atoms with Gasteiger partial charge in [0.1, 0.15) is 5.82 Å². The first-order valence-corrected chi connectivity index (χ1v) is 3.76. The number of anilines is 1. The van der Waals surface area contributed by atoms with E-state index in [2.05, 4.69) is 4.98 Å². The summed E-state index contributed by atoms with van der Waals surface area (Å²) >= 11 is 0. The van der Waals surface area contributed by atoms with Gasteiger partial charge in [0.25, 0.3) is 0 Å². The van der Waals surface area contributed by atoms with E-state index in [1.807, 2.05) is 0 Å². The van der Waals surface area contributed by atoms with Crippen molar-refractivity contribution in [1.29, 1.82) is 0 Å². The Hall–Kier alpha value is -1.85. The third-order valence-corrected chi connectivity index (χ3v) is 1.97. The molecule has 0 fully saturated rings. The van der Waals surface area contributed by atoms with E-state index in [1.165, 1.54) is 16.8 Å². The zero-order valence-corrected chi connectivity index (χ0v) is 6.67. The Morgan fingerprint density at radius 1 is 1.54 bits per heavy atom. The first-order chi connectivity index (χ1) is 6.20. The van der Waals surface area contributed by atoms with Gasteiger partial charge in [-0.05, 0) is 6.07 Å². The van der Waals surface area contributed by atoms with Crippen LogP contribution in [0.15, 0.2) is 17.1 Å². The highest BCUT2D eigenvalue weighted by molar-refractivity contribution is 5.85. The molecule has 0 unspecified atom stereocenters. The van der Waals surface area contributed by atoms with E-state index in [0.29, 0.717) is 18.9 Å². The molecule has 1 N–H and O–H groups in total. The van der Waals surface area contributed by atoms with Crippen LogP contribution in [-0.4, -0.2) is 27.3 Å². The van der Waals surface area contributed by atoms with Crippen molar-refractivity contribution in [2.45, 2.75) is 6.54 Å². The maximum absolute atomic E-state index is 11.1. The van der Waals surface area contributed by atoms with Crippen LogP contribution in [-0.2, 0) is 6.54 Å². The van der Waals surface area contributed by atoms with Crippen LogP contribution in [0.1, 0.15) is 0 Å². The molecule has 13 heavy (non-hydrogen) atoms. The van der Waals surface area contributed by atoms with Crippen LogP contribution in [0.5, 0.6) is 0 Å². The molecule has 0 spiro atoms. The molecule has 1 amide bonds. The zero-order valence-electron chi connectivity index (χ0n) is 6.67. The molecule has 0 saturated heterocycles. The second kappa shape index (κ2) is 2.58. The lowest BCUT2D eigenvalue weighted by molar-refractivity contribution is 0.202. The number of carbonyl (C=O) groups is 1. The van der Waals surface area contributed by atoms with Gasteiger partial charge in [-0.25, -0.2) is 14.6 Å². The summed E-state index contributed by atoms with van der Waals surface area (Å²) in [6, 6.07) is 1.52. The molecule has 0 bridgehead atoms. The smallest absolute Gasteiger partial charge is 0.413 e. The van der Waals surface area contributed by atoms with Gasteiger partial charge in [-0.2, -0.15) is 0 Å². The molecule has 6 nitrogen and oxygen atoms in total. The lowest BCUT2D eigenvalue weighted by Crippen LogP contribution is -2.27. The number of carboxylic acid groups (broad SMARTS) is 1. The maximum atomic E-state index is 11.1. The van der Waals surface area contributed by atoms with E-state index in [0.717, 1.165) is 4.90 Å². The summed E-state index contributed by atoms with van der Waals surface area (Å²) in [4.78, 5) is 26.4. The van der Waals surface area contributed by atoms with Crippen molar-refractivity contribution in [2.24, 2.45) is 0 Å². The third-order valence-electron chi connectivity index (χ3n) is 1.97.